The predicted octanol–water partition coefficient (Wildman–Crippen LogP) is 3.65. The zero-order chi connectivity index (χ0) is 22.2. The standard InChI is InChI=1S/C26H29N7/c1-20-8-9-23-24(28-20)6-3-7-25(23)31-14-12-30(13-15-31)11-10-21-4-2-5-22(18-21)33-17-16-32-19-27-29-26(32)33/h2-9,18-19H,10-17H2,1H3. The van der Waals surface area contributed by atoms with E-state index in [2.05, 4.69) is 91.0 Å². The van der Waals surface area contributed by atoms with E-state index in [0.717, 1.165) is 69.4 Å². The third kappa shape index (κ3) is 3.93. The summed E-state index contributed by atoms with van der Waals surface area (Å²) in [6.07, 6.45) is 2.88. The van der Waals surface area contributed by atoms with Crippen LogP contribution in [0.25, 0.3) is 10.9 Å². The van der Waals surface area contributed by atoms with Gasteiger partial charge < -0.3 is 9.80 Å². The molecule has 2 aromatic carbocycles. The van der Waals surface area contributed by atoms with Gasteiger partial charge in [0.05, 0.1) is 5.52 Å². The summed E-state index contributed by atoms with van der Waals surface area (Å²) in [5.74, 6) is 0.946. The lowest BCUT2D eigenvalue weighted by molar-refractivity contribution is 0.261. The van der Waals surface area contributed by atoms with E-state index in [4.69, 9.17) is 4.98 Å². The van der Waals surface area contributed by atoms with Crippen LogP contribution in [0.5, 0.6) is 0 Å². The molecule has 0 unspecified atom stereocenters. The number of hydrogen-bond acceptors (Lipinski definition) is 6. The first-order valence-electron chi connectivity index (χ1n) is 11.8. The molecule has 0 spiro atoms. The van der Waals surface area contributed by atoms with E-state index in [-0.39, 0.29) is 0 Å². The summed E-state index contributed by atoms with van der Waals surface area (Å²) in [6.45, 7) is 9.33. The molecule has 0 saturated carbocycles. The van der Waals surface area contributed by atoms with Crippen LogP contribution in [0, 0.1) is 6.92 Å². The maximum absolute atomic E-state index is 4.70. The van der Waals surface area contributed by atoms with Crippen LogP contribution in [0.15, 0.2) is 60.9 Å². The number of pyridine rings is 1. The highest BCUT2D eigenvalue weighted by molar-refractivity contribution is 5.92. The number of benzene rings is 2. The van der Waals surface area contributed by atoms with Crippen molar-refractivity contribution in [2.24, 2.45) is 0 Å². The molecule has 1 fully saturated rings. The molecule has 7 heteroatoms. The number of fused-ring (bicyclic) bond motifs is 2. The van der Waals surface area contributed by atoms with Gasteiger partial charge in [-0.25, -0.2) is 0 Å². The van der Waals surface area contributed by atoms with Crippen LogP contribution in [0.1, 0.15) is 11.3 Å². The van der Waals surface area contributed by atoms with E-state index in [1.54, 1.807) is 0 Å². The lowest BCUT2D eigenvalue weighted by Gasteiger charge is -2.36. The van der Waals surface area contributed by atoms with Crippen LogP contribution in [-0.2, 0) is 13.0 Å². The Hall–Kier alpha value is -3.45. The van der Waals surface area contributed by atoms with Gasteiger partial charge >= 0.3 is 0 Å². The van der Waals surface area contributed by atoms with Crippen molar-refractivity contribution < 1.29 is 0 Å². The van der Waals surface area contributed by atoms with Crippen LogP contribution < -0.4 is 9.80 Å². The quantitative estimate of drug-likeness (QED) is 0.473. The van der Waals surface area contributed by atoms with Gasteiger partial charge in [0, 0.05) is 68.3 Å². The number of aryl methyl sites for hydroxylation is 1. The summed E-state index contributed by atoms with van der Waals surface area (Å²) in [5.41, 5.74) is 6.06. The van der Waals surface area contributed by atoms with Crippen molar-refractivity contribution in [1.29, 1.82) is 0 Å². The Morgan fingerprint density at radius 3 is 2.67 bits per heavy atom. The van der Waals surface area contributed by atoms with Gasteiger partial charge in [-0.3, -0.25) is 14.5 Å². The van der Waals surface area contributed by atoms with Crippen molar-refractivity contribution in [2.75, 3.05) is 49.1 Å². The molecular weight excluding hydrogens is 410 g/mol. The minimum Gasteiger partial charge on any atom is -0.368 e. The molecule has 33 heavy (non-hydrogen) atoms. The van der Waals surface area contributed by atoms with Crippen LogP contribution >= 0.6 is 0 Å². The largest absolute Gasteiger partial charge is 0.368 e. The van der Waals surface area contributed by atoms with Gasteiger partial charge in [-0.05, 0) is 55.3 Å². The van der Waals surface area contributed by atoms with Gasteiger partial charge in [0.1, 0.15) is 6.33 Å². The fourth-order valence-electron chi connectivity index (χ4n) is 5.06. The molecule has 2 aromatic heterocycles. The zero-order valence-electron chi connectivity index (χ0n) is 19.1. The number of nitrogens with zero attached hydrogens (tertiary/aromatic N) is 7. The van der Waals surface area contributed by atoms with Crippen molar-refractivity contribution in [1.82, 2.24) is 24.6 Å². The second-order valence-electron chi connectivity index (χ2n) is 9.02. The number of aromatic nitrogens is 4. The molecule has 0 atom stereocenters. The van der Waals surface area contributed by atoms with Crippen molar-refractivity contribution in [3.05, 3.63) is 72.2 Å². The lowest BCUT2D eigenvalue weighted by Crippen LogP contribution is -2.47. The van der Waals surface area contributed by atoms with Crippen molar-refractivity contribution in [3.63, 3.8) is 0 Å². The minimum absolute atomic E-state index is 0.946. The molecule has 2 aliphatic heterocycles. The third-order valence-corrected chi connectivity index (χ3v) is 6.90. The Morgan fingerprint density at radius 1 is 0.879 bits per heavy atom. The maximum Gasteiger partial charge on any atom is 0.231 e. The molecule has 4 heterocycles. The first-order valence-corrected chi connectivity index (χ1v) is 11.8. The highest BCUT2D eigenvalue weighted by Crippen LogP contribution is 2.29. The summed E-state index contributed by atoms with van der Waals surface area (Å²) < 4.78 is 2.11. The van der Waals surface area contributed by atoms with Crippen molar-refractivity contribution in [3.8, 4) is 0 Å². The molecule has 7 nitrogen and oxygen atoms in total. The van der Waals surface area contributed by atoms with Crippen LogP contribution in [0.2, 0.25) is 0 Å². The molecule has 0 N–H and O–H groups in total. The van der Waals surface area contributed by atoms with Gasteiger partial charge in [-0.2, -0.15) is 0 Å². The second kappa shape index (κ2) is 8.48. The van der Waals surface area contributed by atoms with E-state index in [1.165, 1.54) is 22.3 Å². The second-order valence-corrected chi connectivity index (χ2v) is 9.02. The van der Waals surface area contributed by atoms with Gasteiger partial charge in [0.15, 0.2) is 0 Å². The molecule has 1 saturated heterocycles. The molecular formula is C26H29N7. The van der Waals surface area contributed by atoms with Crippen LogP contribution in [-0.4, -0.2) is 63.9 Å². The van der Waals surface area contributed by atoms with Gasteiger partial charge in [0.2, 0.25) is 5.95 Å². The Balaban J connectivity index is 1.08. The molecule has 0 amide bonds. The van der Waals surface area contributed by atoms with Gasteiger partial charge in [-0.15, -0.1) is 10.2 Å². The molecule has 0 bridgehead atoms. The van der Waals surface area contributed by atoms with E-state index < -0.39 is 0 Å². The molecule has 0 aliphatic carbocycles. The number of piperazine rings is 1. The molecule has 2 aliphatic rings. The first-order chi connectivity index (χ1) is 16.2. The maximum atomic E-state index is 4.70. The monoisotopic (exact) mass is 439 g/mol. The van der Waals surface area contributed by atoms with Crippen LogP contribution in [0.4, 0.5) is 17.3 Å². The smallest absolute Gasteiger partial charge is 0.231 e. The molecule has 0 radical (unpaired) electrons. The third-order valence-electron chi connectivity index (χ3n) is 6.90. The summed E-state index contributed by atoms with van der Waals surface area (Å²) in [6, 6.07) is 19.7. The summed E-state index contributed by atoms with van der Waals surface area (Å²) >= 11 is 0. The molecule has 4 aromatic rings. The summed E-state index contributed by atoms with van der Waals surface area (Å²) in [4.78, 5) is 12.1. The Kier molecular flexibility index (Phi) is 5.19. The Labute approximate surface area is 194 Å². The Bertz CT molecular complexity index is 1270. The topological polar surface area (TPSA) is 53.3 Å². The van der Waals surface area contributed by atoms with E-state index in [0.29, 0.717) is 0 Å². The highest BCUT2D eigenvalue weighted by atomic mass is 15.4. The SMILES string of the molecule is Cc1ccc2c(N3CCN(CCc4cccc(N5CCn6cnnc65)c4)CC3)cccc2n1. The van der Waals surface area contributed by atoms with Gasteiger partial charge in [0.25, 0.3) is 0 Å². The molecule has 6 rings (SSSR count). The van der Waals surface area contributed by atoms with Crippen molar-refractivity contribution >= 4 is 28.2 Å². The van der Waals surface area contributed by atoms with E-state index in [1.807, 2.05) is 6.33 Å². The molecule has 168 valence electrons. The van der Waals surface area contributed by atoms with Crippen molar-refractivity contribution in [2.45, 2.75) is 19.9 Å². The minimum atomic E-state index is 0.946. The zero-order valence-corrected chi connectivity index (χ0v) is 19.1. The van der Waals surface area contributed by atoms with E-state index in [9.17, 15) is 0 Å². The fraction of sp³-hybridized carbons (Fsp3) is 0.346. The van der Waals surface area contributed by atoms with Gasteiger partial charge in [-0.1, -0.05) is 18.2 Å². The summed E-state index contributed by atoms with van der Waals surface area (Å²) in [5, 5.41) is 9.58. The Morgan fingerprint density at radius 2 is 1.76 bits per heavy atom. The van der Waals surface area contributed by atoms with Crippen LogP contribution in [0.3, 0.4) is 0 Å². The average molecular weight is 440 g/mol. The fourth-order valence-corrected chi connectivity index (χ4v) is 5.06. The highest BCUT2D eigenvalue weighted by Gasteiger charge is 2.23. The number of hydrogen-bond donors (Lipinski definition) is 0. The average Bonchev–Trinajstić information content (AvgIpc) is 3.47. The summed E-state index contributed by atoms with van der Waals surface area (Å²) in [7, 11) is 0. The normalized spacial score (nSPS) is 16.5. The van der Waals surface area contributed by atoms with E-state index >= 15 is 0 Å². The first kappa shape index (κ1) is 20.2. The number of anilines is 3. The predicted molar refractivity (Wildman–Crippen MR) is 132 cm³/mol. The number of rotatable bonds is 5. The lowest BCUT2D eigenvalue weighted by atomic mass is 10.1.